The molecule has 7 heteroatoms. The lowest BCUT2D eigenvalue weighted by molar-refractivity contribution is 0.0526. The van der Waals surface area contributed by atoms with Gasteiger partial charge < -0.3 is 15.8 Å². The number of aromatic nitrogens is 1. The highest BCUT2D eigenvalue weighted by Gasteiger charge is 2.10. The average molecular weight is 238 g/mol. The standard InChI is InChI=1S/C10H14N4O3/c1-3-17-9(15)6-4-7(11)13-8(5-6)14-10(16)12-2/h4-5H,3H2,1-2H3,(H4,11,12,13,14,16). The monoisotopic (exact) mass is 238 g/mol. The lowest BCUT2D eigenvalue weighted by Crippen LogP contribution is -2.25. The highest BCUT2D eigenvalue weighted by molar-refractivity contribution is 5.93. The second-order valence-electron chi connectivity index (χ2n) is 3.09. The van der Waals surface area contributed by atoms with Gasteiger partial charge in [0.25, 0.3) is 0 Å². The van der Waals surface area contributed by atoms with Crippen molar-refractivity contribution in [3.05, 3.63) is 17.7 Å². The van der Waals surface area contributed by atoms with Gasteiger partial charge in [-0.15, -0.1) is 0 Å². The fourth-order valence-corrected chi connectivity index (χ4v) is 1.13. The van der Waals surface area contributed by atoms with Gasteiger partial charge in [0.1, 0.15) is 11.6 Å². The van der Waals surface area contributed by atoms with Crippen molar-refractivity contribution in [3.8, 4) is 0 Å². The Balaban J connectivity index is 2.93. The van der Waals surface area contributed by atoms with Crippen molar-refractivity contribution in [2.24, 2.45) is 0 Å². The molecule has 0 saturated carbocycles. The molecule has 0 atom stereocenters. The van der Waals surface area contributed by atoms with Gasteiger partial charge in [0.05, 0.1) is 12.2 Å². The highest BCUT2D eigenvalue weighted by Crippen LogP contribution is 2.13. The van der Waals surface area contributed by atoms with E-state index in [0.717, 1.165) is 0 Å². The lowest BCUT2D eigenvalue weighted by atomic mass is 10.2. The quantitative estimate of drug-likeness (QED) is 0.668. The number of pyridine rings is 1. The molecule has 7 nitrogen and oxygen atoms in total. The van der Waals surface area contributed by atoms with E-state index in [2.05, 4.69) is 15.6 Å². The van der Waals surface area contributed by atoms with E-state index in [-0.39, 0.29) is 23.8 Å². The van der Waals surface area contributed by atoms with E-state index in [1.165, 1.54) is 19.2 Å². The molecule has 0 aliphatic carbocycles. The molecule has 4 N–H and O–H groups in total. The first-order valence-electron chi connectivity index (χ1n) is 5.00. The Kier molecular flexibility index (Phi) is 4.27. The number of nitrogens with two attached hydrogens (primary N) is 1. The van der Waals surface area contributed by atoms with Crippen molar-refractivity contribution in [1.82, 2.24) is 10.3 Å². The van der Waals surface area contributed by atoms with Gasteiger partial charge >= 0.3 is 12.0 Å². The molecule has 0 unspecified atom stereocenters. The number of amides is 2. The minimum Gasteiger partial charge on any atom is -0.462 e. The summed E-state index contributed by atoms with van der Waals surface area (Å²) in [5, 5.41) is 4.78. The van der Waals surface area contributed by atoms with Gasteiger partial charge in [-0.2, -0.15) is 0 Å². The van der Waals surface area contributed by atoms with Gasteiger partial charge in [0, 0.05) is 7.05 Å². The Morgan fingerprint density at radius 2 is 2.18 bits per heavy atom. The van der Waals surface area contributed by atoms with Crippen LogP contribution in [0.3, 0.4) is 0 Å². The van der Waals surface area contributed by atoms with Crippen LogP contribution in [0.4, 0.5) is 16.4 Å². The summed E-state index contributed by atoms with van der Waals surface area (Å²) in [6, 6.07) is 2.33. The summed E-state index contributed by atoms with van der Waals surface area (Å²) in [5.74, 6) is -0.198. The maximum atomic E-state index is 11.5. The summed E-state index contributed by atoms with van der Waals surface area (Å²) in [6.07, 6.45) is 0. The van der Waals surface area contributed by atoms with E-state index < -0.39 is 12.0 Å². The minimum atomic E-state index is -0.512. The third kappa shape index (κ3) is 3.63. The number of esters is 1. The molecule has 0 radical (unpaired) electrons. The van der Waals surface area contributed by atoms with Crippen LogP contribution in [0.5, 0.6) is 0 Å². The van der Waals surface area contributed by atoms with Crippen LogP contribution in [-0.4, -0.2) is 30.6 Å². The molecule has 0 aliphatic heterocycles. The van der Waals surface area contributed by atoms with Crippen LogP contribution in [0, 0.1) is 0 Å². The molecule has 0 aliphatic rings. The predicted molar refractivity (Wildman–Crippen MR) is 62.7 cm³/mol. The summed E-state index contributed by atoms with van der Waals surface area (Å²) < 4.78 is 4.82. The zero-order valence-corrected chi connectivity index (χ0v) is 9.61. The molecule has 92 valence electrons. The first kappa shape index (κ1) is 12.8. The molecule has 1 aromatic rings. The van der Waals surface area contributed by atoms with E-state index in [0.29, 0.717) is 0 Å². The molecule has 0 bridgehead atoms. The molecule has 1 aromatic heterocycles. The third-order valence-electron chi connectivity index (χ3n) is 1.82. The second kappa shape index (κ2) is 5.69. The molecule has 0 spiro atoms. The van der Waals surface area contributed by atoms with Crippen molar-refractivity contribution in [2.75, 3.05) is 24.7 Å². The number of rotatable bonds is 3. The van der Waals surface area contributed by atoms with Crippen molar-refractivity contribution in [1.29, 1.82) is 0 Å². The molecule has 17 heavy (non-hydrogen) atoms. The first-order chi connectivity index (χ1) is 8.06. The van der Waals surface area contributed by atoms with Gasteiger partial charge in [-0.1, -0.05) is 0 Å². The van der Waals surface area contributed by atoms with E-state index in [1.807, 2.05) is 0 Å². The number of carbonyl (C=O) groups is 2. The number of ether oxygens (including phenoxy) is 1. The van der Waals surface area contributed by atoms with Crippen molar-refractivity contribution >= 4 is 23.6 Å². The van der Waals surface area contributed by atoms with E-state index in [4.69, 9.17) is 10.5 Å². The molecule has 0 aromatic carbocycles. The van der Waals surface area contributed by atoms with E-state index >= 15 is 0 Å². The minimum absolute atomic E-state index is 0.127. The summed E-state index contributed by atoms with van der Waals surface area (Å²) in [6.45, 7) is 1.96. The number of anilines is 2. The molecular weight excluding hydrogens is 224 g/mol. The molecule has 1 heterocycles. The summed E-state index contributed by atoms with van der Waals surface area (Å²) in [5.41, 5.74) is 5.76. The van der Waals surface area contributed by atoms with Crippen LogP contribution in [0.1, 0.15) is 17.3 Å². The lowest BCUT2D eigenvalue weighted by Gasteiger charge is -2.07. The SMILES string of the molecule is CCOC(=O)c1cc(N)nc(NC(=O)NC)c1. The Labute approximate surface area is 98.4 Å². The van der Waals surface area contributed by atoms with Gasteiger partial charge in [0.2, 0.25) is 0 Å². The van der Waals surface area contributed by atoms with Crippen LogP contribution >= 0.6 is 0 Å². The number of hydrogen-bond acceptors (Lipinski definition) is 5. The molecule has 0 fully saturated rings. The highest BCUT2D eigenvalue weighted by atomic mass is 16.5. The summed E-state index contributed by atoms with van der Waals surface area (Å²) in [4.78, 5) is 26.4. The Bertz CT molecular complexity index is 434. The van der Waals surface area contributed by atoms with Gasteiger partial charge in [-0.3, -0.25) is 5.32 Å². The fraction of sp³-hybridized carbons (Fsp3) is 0.300. The Morgan fingerprint density at radius 1 is 1.47 bits per heavy atom. The van der Waals surface area contributed by atoms with Crippen LogP contribution in [0.15, 0.2) is 12.1 Å². The van der Waals surface area contributed by atoms with Gasteiger partial charge in [-0.25, -0.2) is 14.6 Å². The van der Waals surface area contributed by atoms with Crippen LogP contribution < -0.4 is 16.4 Å². The van der Waals surface area contributed by atoms with Crippen LogP contribution in [0.25, 0.3) is 0 Å². The maximum Gasteiger partial charge on any atom is 0.338 e. The average Bonchev–Trinajstić information content (AvgIpc) is 2.28. The maximum absolute atomic E-state index is 11.5. The van der Waals surface area contributed by atoms with Gasteiger partial charge in [0.15, 0.2) is 0 Å². The molecule has 2 amide bonds. The predicted octanol–water partition coefficient (Wildman–Crippen LogP) is 0.592. The van der Waals surface area contributed by atoms with E-state index in [9.17, 15) is 9.59 Å². The number of hydrogen-bond donors (Lipinski definition) is 3. The zero-order chi connectivity index (χ0) is 12.8. The van der Waals surface area contributed by atoms with Crippen LogP contribution in [-0.2, 0) is 4.74 Å². The zero-order valence-electron chi connectivity index (χ0n) is 9.61. The summed E-state index contributed by atoms with van der Waals surface area (Å²) in [7, 11) is 1.47. The van der Waals surface area contributed by atoms with Crippen molar-refractivity contribution in [2.45, 2.75) is 6.92 Å². The Hall–Kier alpha value is -2.31. The summed E-state index contributed by atoms with van der Waals surface area (Å²) >= 11 is 0. The molecular formula is C10H14N4O3. The first-order valence-corrected chi connectivity index (χ1v) is 5.00. The Morgan fingerprint density at radius 3 is 2.76 bits per heavy atom. The largest absolute Gasteiger partial charge is 0.462 e. The van der Waals surface area contributed by atoms with Crippen LogP contribution in [0.2, 0.25) is 0 Å². The number of nitrogens with zero attached hydrogens (tertiary/aromatic N) is 1. The molecule has 0 saturated heterocycles. The second-order valence-corrected chi connectivity index (χ2v) is 3.09. The molecule has 1 rings (SSSR count). The normalized spacial score (nSPS) is 9.53. The van der Waals surface area contributed by atoms with Gasteiger partial charge in [-0.05, 0) is 19.1 Å². The number of nitrogens with one attached hydrogen (secondary N) is 2. The third-order valence-corrected chi connectivity index (χ3v) is 1.82. The van der Waals surface area contributed by atoms with Crippen molar-refractivity contribution < 1.29 is 14.3 Å². The van der Waals surface area contributed by atoms with Crippen molar-refractivity contribution in [3.63, 3.8) is 0 Å². The fourth-order valence-electron chi connectivity index (χ4n) is 1.13. The number of urea groups is 1. The topological polar surface area (TPSA) is 106 Å². The smallest absolute Gasteiger partial charge is 0.338 e. The number of carbonyl (C=O) groups excluding carboxylic acids is 2. The number of nitrogen functional groups attached to an aromatic ring is 1. The van der Waals surface area contributed by atoms with E-state index in [1.54, 1.807) is 6.92 Å².